The van der Waals surface area contributed by atoms with Gasteiger partial charge in [-0.1, -0.05) is 0 Å². The number of nitrogens with two attached hydrogens (primary N) is 1. The lowest BCUT2D eigenvalue weighted by Gasteiger charge is -2.17. The van der Waals surface area contributed by atoms with Crippen LogP contribution in [0.15, 0.2) is 6.33 Å². The van der Waals surface area contributed by atoms with E-state index in [9.17, 15) is 0 Å². The molecule has 0 atom stereocenters. The van der Waals surface area contributed by atoms with Crippen LogP contribution in [0.4, 0.5) is 11.5 Å². The summed E-state index contributed by atoms with van der Waals surface area (Å²) in [6.45, 7) is 4.10. The van der Waals surface area contributed by atoms with Crippen molar-refractivity contribution in [1.82, 2.24) is 9.97 Å². The van der Waals surface area contributed by atoms with Crippen LogP contribution in [0, 0.1) is 5.41 Å². The standard InChI is InChI=1S/C13H22N4O2/c1-3-19-12-10(14)11(16-9-17-12)15-8-13(4-5-13)6-7-18-2/h9H,3-8,14H2,1-2H3,(H,15,16,17). The summed E-state index contributed by atoms with van der Waals surface area (Å²) in [7, 11) is 1.74. The highest BCUT2D eigenvalue weighted by Crippen LogP contribution is 2.48. The number of methoxy groups -OCH3 is 1. The van der Waals surface area contributed by atoms with E-state index in [1.165, 1.54) is 19.2 Å². The Labute approximate surface area is 113 Å². The second-order valence-electron chi connectivity index (χ2n) is 4.97. The molecule has 1 aromatic heterocycles. The summed E-state index contributed by atoms with van der Waals surface area (Å²) in [5, 5.41) is 3.31. The largest absolute Gasteiger partial charge is 0.476 e. The average molecular weight is 266 g/mol. The number of hydrogen-bond acceptors (Lipinski definition) is 6. The molecule has 1 aliphatic rings. The fourth-order valence-corrected chi connectivity index (χ4v) is 2.05. The molecule has 0 aliphatic heterocycles. The van der Waals surface area contributed by atoms with Gasteiger partial charge in [-0.05, 0) is 31.6 Å². The fourth-order valence-electron chi connectivity index (χ4n) is 2.05. The normalized spacial score (nSPS) is 16.1. The molecule has 0 radical (unpaired) electrons. The monoisotopic (exact) mass is 266 g/mol. The van der Waals surface area contributed by atoms with E-state index in [0.717, 1.165) is 19.6 Å². The molecule has 1 fully saturated rings. The Morgan fingerprint density at radius 2 is 2.21 bits per heavy atom. The first-order valence-corrected chi connectivity index (χ1v) is 6.67. The average Bonchev–Trinajstić information content (AvgIpc) is 3.18. The van der Waals surface area contributed by atoms with Crippen LogP contribution in [0.2, 0.25) is 0 Å². The maximum Gasteiger partial charge on any atom is 0.242 e. The van der Waals surface area contributed by atoms with Crippen LogP contribution in [0.5, 0.6) is 5.88 Å². The molecule has 1 heterocycles. The lowest BCUT2D eigenvalue weighted by atomic mass is 10.0. The molecule has 0 spiro atoms. The summed E-state index contributed by atoms with van der Waals surface area (Å²) < 4.78 is 10.5. The van der Waals surface area contributed by atoms with Crippen LogP contribution in [0.1, 0.15) is 26.2 Å². The summed E-state index contributed by atoms with van der Waals surface area (Å²) in [5.74, 6) is 1.10. The van der Waals surface area contributed by atoms with Gasteiger partial charge in [0.25, 0.3) is 0 Å². The molecule has 0 unspecified atom stereocenters. The molecular formula is C13H22N4O2. The van der Waals surface area contributed by atoms with Crippen molar-refractivity contribution in [1.29, 1.82) is 0 Å². The van der Waals surface area contributed by atoms with Crippen molar-refractivity contribution in [3.8, 4) is 5.88 Å². The molecule has 1 aromatic rings. The minimum Gasteiger partial charge on any atom is -0.476 e. The number of rotatable bonds is 8. The van der Waals surface area contributed by atoms with Gasteiger partial charge in [0.2, 0.25) is 5.88 Å². The van der Waals surface area contributed by atoms with Gasteiger partial charge in [0.1, 0.15) is 12.0 Å². The first-order chi connectivity index (χ1) is 9.21. The van der Waals surface area contributed by atoms with Crippen LogP contribution in [0.25, 0.3) is 0 Å². The van der Waals surface area contributed by atoms with Crippen LogP contribution in [-0.2, 0) is 4.74 Å². The second-order valence-corrected chi connectivity index (χ2v) is 4.97. The lowest BCUT2D eigenvalue weighted by Crippen LogP contribution is -2.19. The van der Waals surface area contributed by atoms with Gasteiger partial charge in [0, 0.05) is 20.3 Å². The zero-order valence-corrected chi connectivity index (χ0v) is 11.6. The van der Waals surface area contributed by atoms with E-state index in [1.54, 1.807) is 7.11 Å². The molecule has 1 saturated carbocycles. The Hall–Kier alpha value is -1.56. The number of hydrogen-bond donors (Lipinski definition) is 2. The first-order valence-electron chi connectivity index (χ1n) is 6.67. The fraction of sp³-hybridized carbons (Fsp3) is 0.692. The van der Waals surface area contributed by atoms with E-state index in [0.29, 0.717) is 29.4 Å². The van der Waals surface area contributed by atoms with Gasteiger partial charge in [0.15, 0.2) is 5.82 Å². The SMILES string of the molecule is CCOc1ncnc(NCC2(CCOC)CC2)c1N. The predicted molar refractivity (Wildman–Crippen MR) is 74.3 cm³/mol. The van der Waals surface area contributed by atoms with Crippen molar-refractivity contribution in [3.63, 3.8) is 0 Å². The molecule has 19 heavy (non-hydrogen) atoms. The van der Waals surface area contributed by atoms with Crippen molar-refractivity contribution in [2.24, 2.45) is 5.41 Å². The van der Waals surface area contributed by atoms with Crippen molar-refractivity contribution >= 4 is 11.5 Å². The first kappa shape index (κ1) is 13.9. The van der Waals surface area contributed by atoms with Crippen LogP contribution < -0.4 is 15.8 Å². The summed E-state index contributed by atoms with van der Waals surface area (Å²) in [4.78, 5) is 8.19. The quantitative estimate of drug-likeness (QED) is 0.745. The zero-order valence-electron chi connectivity index (χ0n) is 11.6. The van der Waals surface area contributed by atoms with Gasteiger partial charge in [-0.2, -0.15) is 4.98 Å². The number of aromatic nitrogens is 2. The minimum absolute atomic E-state index is 0.346. The number of nitrogens with zero attached hydrogens (tertiary/aromatic N) is 2. The number of nitrogen functional groups attached to an aromatic ring is 1. The van der Waals surface area contributed by atoms with Crippen molar-refractivity contribution in [2.45, 2.75) is 26.2 Å². The van der Waals surface area contributed by atoms with Crippen LogP contribution in [0.3, 0.4) is 0 Å². The molecule has 106 valence electrons. The topological polar surface area (TPSA) is 82.3 Å². The van der Waals surface area contributed by atoms with Crippen molar-refractivity contribution in [2.75, 3.05) is 37.9 Å². The van der Waals surface area contributed by atoms with Gasteiger partial charge < -0.3 is 20.5 Å². The molecule has 3 N–H and O–H groups in total. The Kier molecular flexibility index (Phi) is 4.42. The van der Waals surface area contributed by atoms with E-state index < -0.39 is 0 Å². The molecule has 0 bridgehead atoms. The summed E-state index contributed by atoms with van der Waals surface area (Å²) in [6, 6.07) is 0. The van der Waals surface area contributed by atoms with E-state index in [4.69, 9.17) is 15.2 Å². The van der Waals surface area contributed by atoms with Crippen molar-refractivity contribution < 1.29 is 9.47 Å². The Balaban J connectivity index is 1.94. The maximum atomic E-state index is 5.98. The summed E-state index contributed by atoms with van der Waals surface area (Å²) in [6.07, 6.45) is 5.00. The molecule has 6 heteroatoms. The van der Waals surface area contributed by atoms with Crippen molar-refractivity contribution in [3.05, 3.63) is 6.33 Å². The van der Waals surface area contributed by atoms with Gasteiger partial charge >= 0.3 is 0 Å². The van der Waals surface area contributed by atoms with Gasteiger partial charge in [-0.15, -0.1) is 0 Å². The van der Waals surface area contributed by atoms with E-state index in [1.807, 2.05) is 6.92 Å². The highest BCUT2D eigenvalue weighted by atomic mass is 16.5. The zero-order chi connectivity index (χ0) is 13.7. The molecular weight excluding hydrogens is 244 g/mol. The van der Waals surface area contributed by atoms with Gasteiger partial charge in [-0.25, -0.2) is 4.98 Å². The summed E-state index contributed by atoms with van der Waals surface area (Å²) in [5.41, 5.74) is 6.81. The Morgan fingerprint density at radius 1 is 1.42 bits per heavy atom. The summed E-state index contributed by atoms with van der Waals surface area (Å²) >= 11 is 0. The maximum absolute atomic E-state index is 5.98. The Morgan fingerprint density at radius 3 is 2.84 bits per heavy atom. The van der Waals surface area contributed by atoms with E-state index >= 15 is 0 Å². The third-order valence-electron chi connectivity index (χ3n) is 3.55. The second kappa shape index (κ2) is 6.06. The molecule has 0 aromatic carbocycles. The van der Waals surface area contributed by atoms with Crippen LogP contribution in [-0.4, -0.2) is 36.8 Å². The lowest BCUT2D eigenvalue weighted by molar-refractivity contribution is 0.175. The highest BCUT2D eigenvalue weighted by molar-refractivity contribution is 5.66. The predicted octanol–water partition coefficient (Wildman–Crippen LogP) is 1.69. The Bertz CT molecular complexity index is 421. The van der Waals surface area contributed by atoms with E-state index in [-0.39, 0.29) is 0 Å². The molecule has 2 rings (SSSR count). The number of nitrogens with one attached hydrogen (secondary N) is 1. The van der Waals surface area contributed by atoms with Gasteiger partial charge in [0.05, 0.1) is 6.61 Å². The molecule has 1 aliphatic carbocycles. The molecule has 0 amide bonds. The smallest absolute Gasteiger partial charge is 0.242 e. The number of anilines is 2. The third kappa shape index (κ3) is 3.47. The van der Waals surface area contributed by atoms with Gasteiger partial charge in [-0.3, -0.25) is 0 Å². The highest BCUT2D eigenvalue weighted by Gasteiger charge is 2.41. The third-order valence-corrected chi connectivity index (χ3v) is 3.55. The minimum atomic E-state index is 0.346. The van der Waals surface area contributed by atoms with Crippen LogP contribution >= 0.6 is 0 Å². The molecule has 0 saturated heterocycles. The number of ether oxygens (including phenoxy) is 2. The molecule has 6 nitrogen and oxygen atoms in total. The van der Waals surface area contributed by atoms with E-state index in [2.05, 4.69) is 15.3 Å².